The van der Waals surface area contributed by atoms with Crippen molar-refractivity contribution >= 4 is 23.2 Å². The maximum absolute atomic E-state index is 12.8. The standard InChI is InChI=1S/C22H25N5O2/c1-6-20(28)23-17-9-8-14(3)18(12-17)24-22(29)21-16(5)25-27(26-21)19-10-7-13(2)11-15(19)4/h7-12H,6H2,1-5H3,(H,23,28)(H,24,29). The zero-order valence-corrected chi connectivity index (χ0v) is 17.3. The van der Waals surface area contributed by atoms with Crippen molar-refractivity contribution in [1.82, 2.24) is 15.0 Å². The monoisotopic (exact) mass is 391 g/mol. The molecule has 0 saturated heterocycles. The summed E-state index contributed by atoms with van der Waals surface area (Å²) in [6, 6.07) is 11.4. The molecule has 0 bridgehead atoms. The normalized spacial score (nSPS) is 10.7. The topological polar surface area (TPSA) is 88.9 Å². The van der Waals surface area contributed by atoms with Gasteiger partial charge in [-0.15, -0.1) is 5.10 Å². The Morgan fingerprint density at radius 3 is 2.38 bits per heavy atom. The summed E-state index contributed by atoms with van der Waals surface area (Å²) < 4.78 is 0. The zero-order chi connectivity index (χ0) is 21.1. The van der Waals surface area contributed by atoms with E-state index in [1.165, 1.54) is 4.80 Å². The van der Waals surface area contributed by atoms with Crippen LogP contribution in [0.4, 0.5) is 11.4 Å². The van der Waals surface area contributed by atoms with E-state index in [2.05, 4.69) is 20.8 Å². The molecule has 0 fully saturated rings. The molecule has 29 heavy (non-hydrogen) atoms. The van der Waals surface area contributed by atoms with Crippen molar-refractivity contribution in [2.24, 2.45) is 0 Å². The Labute approximate surface area is 170 Å². The van der Waals surface area contributed by atoms with Crippen LogP contribution in [0.2, 0.25) is 0 Å². The molecule has 0 aliphatic carbocycles. The number of rotatable bonds is 5. The first-order chi connectivity index (χ1) is 13.8. The molecule has 1 aromatic heterocycles. The van der Waals surface area contributed by atoms with Gasteiger partial charge < -0.3 is 10.6 Å². The molecule has 7 nitrogen and oxygen atoms in total. The van der Waals surface area contributed by atoms with Gasteiger partial charge in [0.05, 0.1) is 11.4 Å². The van der Waals surface area contributed by atoms with Gasteiger partial charge in [0.2, 0.25) is 5.91 Å². The van der Waals surface area contributed by atoms with Gasteiger partial charge in [-0.2, -0.15) is 9.90 Å². The maximum atomic E-state index is 12.8. The molecule has 3 rings (SSSR count). The lowest BCUT2D eigenvalue weighted by Crippen LogP contribution is -2.16. The molecule has 3 aromatic rings. The van der Waals surface area contributed by atoms with E-state index < -0.39 is 0 Å². The lowest BCUT2D eigenvalue weighted by molar-refractivity contribution is -0.115. The second-order valence-electron chi connectivity index (χ2n) is 7.10. The van der Waals surface area contributed by atoms with Crippen molar-refractivity contribution in [2.45, 2.75) is 41.0 Å². The fourth-order valence-electron chi connectivity index (χ4n) is 2.99. The molecular weight excluding hydrogens is 366 g/mol. The molecular formula is C22H25N5O2. The number of nitrogens with zero attached hydrogens (tertiary/aromatic N) is 3. The smallest absolute Gasteiger partial charge is 0.278 e. The first kappa shape index (κ1) is 20.3. The third kappa shape index (κ3) is 4.51. The van der Waals surface area contributed by atoms with Crippen molar-refractivity contribution < 1.29 is 9.59 Å². The number of aryl methyl sites for hydroxylation is 4. The van der Waals surface area contributed by atoms with Crippen LogP contribution in [-0.2, 0) is 4.79 Å². The average Bonchev–Trinajstić information content (AvgIpc) is 3.05. The van der Waals surface area contributed by atoms with Crippen LogP contribution in [0, 0.1) is 27.7 Å². The van der Waals surface area contributed by atoms with Gasteiger partial charge in [0.15, 0.2) is 5.69 Å². The summed E-state index contributed by atoms with van der Waals surface area (Å²) in [7, 11) is 0. The maximum Gasteiger partial charge on any atom is 0.278 e. The van der Waals surface area contributed by atoms with Gasteiger partial charge >= 0.3 is 0 Å². The highest BCUT2D eigenvalue weighted by molar-refractivity contribution is 6.04. The minimum Gasteiger partial charge on any atom is -0.326 e. The second kappa shape index (κ2) is 8.26. The fraction of sp³-hybridized carbons (Fsp3) is 0.273. The molecule has 0 aliphatic rings. The van der Waals surface area contributed by atoms with Crippen LogP contribution in [0.1, 0.15) is 46.2 Å². The van der Waals surface area contributed by atoms with Crippen LogP contribution in [0.15, 0.2) is 36.4 Å². The van der Waals surface area contributed by atoms with Crippen molar-refractivity contribution in [3.8, 4) is 5.69 Å². The lowest BCUT2D eigenvalue weighted by atomic mass is 10.1. The van der Waals surface area contributed by atoms with Crippen molar-refractivity contribution in [1.29, 1.82) is 0 Å². The average molecular weight is 391 g/mol. The van der Waals surface area contributed by atoms with Crippen molar-refractivity contribution in [2.75, 3.05) is 10.6 Å². The molecule has 0 radical (unpaired) electrons. The quantitative estimate of drug-likeness (QED) is 0.685. The van der Waals surface area contributed by atoms with E-state index in [0.29, 0.717) is 23.5 Å². The van der Waals surface area contributed by atoms with Crippen molar-refractivity contribution in [3.63, 3.8) is 0 Å². The predicted molar refractivity (Wildman–Crippen MR) is 114 cm³/mol. The van der Waals surface area contributed by atoms with Gasteiger partial charge in [-0.05, 0) is 57.0 Å². The number of anilines is 2. The minimum atomic E-state index is -0.347. The first-order valence-corrected chi connectivity index (χ1v) is 9.52. The Bertz CT molecular complexity index is 1080. The number of benzene rings is 2. The number of carbonyl (C=O) groups excluding carboxylic acids is 2. The van der Waals surface area contributed by atoms with Gasteiger partial charge in [-0.3, -0.25) is 9.59 Å². The Morgan fingerprint density at radius 1 is 0.931 bits per heavy atom. The molecule has 1 heterocycles. The fourth-order valence-corrected chi connectivity index (χ4v) is 2.99. The van der Waals surface area contributed by atoms with E-state index in [1.54, 1.807) is 26.0 Å². The van der Waals surface area contributed by atoms with Gasteiger partial charge in [0.25, 0.3) is 5.91 Å². The number of hydrogen-bond acceptors (Lipinski definition) is 4. The van der Waals surface area contributed by atoms with E-state index in [9.17, 15) is 9.59 Å². The minimum absolute atomic E-state index is 0.0848. The third-order valence-electron chi connectivity index (χ3n) is 4.66. The van der Waals surface area contributed by atoms with E-state index in [4.69, 9.17) is 0 Å². The Balaban J connectivity index is 1.86. The lowest BCUT2D eigenvalue weighted by Gasteiger charge is -2.10. The zero-order valence-electron chi connectivity index (χ0n) is 17.3. The summed E-state index contributed by atoms with van der Waals surface area (Å²) in [6.45, 7) is 9.44. The molecule has 0 saturated carbocycles. The predicted octanol–water partition coefficient (Wildman–Crippen LogP) is 4.10. The van der Waals surface area contributed by atoms with Crippen LogP contribution in [0.3, 0.4) is 0 Å². The summed E-state index contributed by atoms with van der Waals surface area (Å²) in [5.74, 6) is -0.432. The molecule has 2 N–H and O–H groups in total. The van der Waals surface area contributed by atoms with Gasteiger partial charge in [0.1, 0.15) is 0 Å². The SMILES string of the molecule is CCC(=O)Nc1ccc(C)c(NC(=O)c2nn(-c3ccc(C)cc3C)nc2C)c1. The third-order valence-corrected chi connectivity index (χ3v) is 4.66. The van der Waals surface area contributed by atoms with Crippen LogP contribution in [0.25, 0.3) is 5.69 Å². The number of carbonyl (C=O) groups is 2. The van der Waals surface area contributed by atoms with Gasteiger partial charge in [0, 0.05) is 17.8 Å². The highest BCUT2D eigenvalue weighted by Crippen LogP contribution is 2.22. The molecule has 0 atom stereocenters. The van der Waals surface area contributed by atoms with E-state index in [0.717, 1.165) is 22.4 Å². The summed E-state index contributed by atoms with van der Waals surface area (Å²) >= 11 is 0. The molecule has 0 spiro atoms. The number of nitrogens with one attached hydrogen (secondary N) is 2. The first-order valence-electron chi connectivity index (χ1n) is 9.52. The summed E-state index contributed by atoms with van der Waals surface area (Å²) in [5.41, 5.74) is 5.94. The molecule has 7 heteroatoms. The Hall–Kier alpha value is -3.48. The molecule has 150 valence electrons. The van der Waals surface area contributed by atoms with Crippen LogP contribution in [0.5, 0.6) is 0 Å². The Morgan fingerprint density at radius 2 is 1.69 bits per heavy atom. The van der Waals surface area contributed by atoms with Crippen LogP contribution in [-0.4, -0.2) is 26.8 Å². The van der Waals surface area contributed by atoms with Crippen LogP contribution >= 0.6 is 0 Å². The van der Waals surface area contributed by atoms with Crippen LogP contribution < -0.4 is 10.6 Å². The molecule has 2 amide bonds. The van der Waals surface area contributed by atoms with E-state index in [-0.39, 0.29) is 17.5 Å². The van der Waals surface area contributed by atoms with E-state index >= 15 is 0 Å². The highest BCUT2D eigenvalue weighted by Gasteiger charge is 2.18. The summed E-state index contributed by atoms with van der Waals surface area (Å²) in [6.07, 6.45) is 0.385. The second-order valence-corrected chi connectivity index (χ2v) is 7.10. The highest BCUT2D eigenvalue weighted by atomic mass is 16.2. The van der Waals surface area contributed by atoms with E-state index in [1.807, 2.05) is 45.0 Å². The molecule has 0 aliphatic heterocycles. The van der Waals surface area contributed by atoms with Crippen molar-refractivity contribution in [3.05, 3.63) is 64.5 Å². The molecule has 2 aromatic carbocycles. The number of aromatic nitrogens is 3. The summed E-state index contributed by atoms with van der Waals surface area (Å²) in [4.78, 5) is 26.0. The Kier molecular flexibility index (Phi) is 5.77. The number of hydrogen-bond donors (Lipinski definition) is 2. The van der Waals surface area contributed by atoms with Gasteiger partial charge in [-0.1, -0.05) is 30.7 Å². The molecule has 0 unspecified atom stereocenters. The largest absolute Gasteiger partial charge is 0.326 e. The summed E-state index contributed by atoms with van der Waals surface area (Å²) in [5, 5.41) is 14.5. The number of amides is 2. The van der Waals surface area contributed by atoms with Gasteiger partial charge in [-0.25, -0.2) is 0 Å².